The Balaban J connectivity index is 2.28. The van der Waals surface area contributed by atoms with Crippen LogP contribution in [0.2, 0.25) is 5.82 Å². The van der Waals surface area contributed by atoms with E-state index >= 15 is 0 Å². The highest BCUT2D eigenvalue weighted by Gasteiger charge is 2.47. The third kappa shape index (κ3) is 2.43. The van der Waals surface area contributed by atoms with Crippen LogP contribution in [0.4, 0.5) is 0 Å². The largest absolute Gasteiger partial charge is 0.301 e. The van der Waals surface area contributed by atoms with E-state index in [9.17, 15) is 0 Å². The topological polar surface area (TPSA) is 12.0 Å². The smallest absolute Gasteiger partial charge is 0.0737 e. The van der Waals surface area contributed by atoms with Crippen LogP contribution in [0.15, 0.2) is 0 Å². The van der Waals surface area contributed by atoms with Crippen LogP contribution in [0.1, 0.15) is 39.5 Å². The molecule has 1 rings (SSSR count). The first-order chi connectivity index (χ1) is 5.62. The van der Waals surface area contributed by atoms with Crippen molar-refractivity contribution in [3.05, 3.63) is 0 Å². The number of nitrogens with one attached hydrogen (secondary N) is 1. The molecule has 12 heavy (non-hydrogen) atoms. The molecule has 1 nitrogen and oxygen atoms in total. The Kier molecular flexibility index (Phi) is 3.53. The molecule has 3 unspecified atom stereocenters. The highest BCUT2D eigenvalue weighted by atomic mass is 32.1. The van der Waals surface area contributed by atoms with Gasteiger partial charge in [0.25, 0.3) is 0 Å². The van der Waals surface area contributed by atoms with E-state index in [2.05, 4.69) is 31.8 Å². The van der Waals surface area contributed by atoms with Gasteiger partial charge in [-0.2, -0.15) is 12.6 Å². The third-order valence-corrected chi connectivity index (χ3v) is 3.21. The van der Waals surface area contributed by atoms with Gasteiger partial charge in [0, 0.05) is 6.04 Å². The fourth-order valence-corrected chi connectivity index (χ4v) is 1.90. The first kappa shape index (κ1) is 10.5. The molecule has 1 aliphatic rings. The molecule has 1 N–H and O–H groups in total. The van der Waals surface area contributed by atoms with Gasteiger partial charge in [0.05, 0.1) is 12.7 Å². The van der Waals surface area contributed by atoms with Crippen LogP contribution in [0.5, 0.6) is 0 Å². The highest BCUT2D eigenvalue weighted by molar-refractivity contribution is 7.82. The van der Waals surface area contributed by atoms with Crippen molar-refractivity contribution in [2.75, 3.05) is 0 Å². The van der Waals surface area contributed by atoms with Gasteiger partial charge in [-0.1, -0.05) is 20.3 Å². The van der Waals surface area contributed by atoms with Gasteiger partial charge in [0.2, 0.25) is 0 Å². The van der Waals surface area contributed by atoms with Crippen molar-refractivity contribution in [2.24, 2.45) is 0 Å². The van der Waals surface area contributed by atoms with Gasteiger partial charge in [-0.15, -0.1) is 0 Å². The molecule has 0 bridgehead atoms. The van der Waals surface area contributed by atoms with Crippen LogP contribution in [0.25, 0.3) is 0 Å². The van der Waals surface area contributed by atoms with Crippen LogP contribution in [-0.4, -0.2) is 18.8 Å². The van der Waals surface area contributed by atoms with Crippen LogP contribution < -0.4 is 5.32 Å². The van der Waals surface area contributed by atoms with E-state index in [0.29, 0.717) is 6.04 Å². The second kappa shape index (κ2) is 4.06. The Morgan fingerprint density at radius 2 is 2.25 bits per heavy atom. The highest BCUT2D eigenvalue weighted by Crippen LogP contribution is 2.50. The van der Waals surface area contributed by atoms with E-state index in [4.69, 9.17) is 7.85 Å². The summed E-state index contributed by atoms with van der Waals surface area (Å²) in [5.74, 6) is 0.256. The van der Waals surface area contributed by atoms with E-state index in [1.807, 2.05) is 0 Å². The van der Waals surface area contributed by atoms with Crippen molar-refractivity contribution >= 4 is 20.5 Å². The Morgan fingerprint density at radius 1 is 1.67 bits per heavy atom. The molecule has 0 aromatic heterocycles. The lowest BCUT2D eigenvalue weighted by Gasteiger charge is -2.21. The summed E-state index contributed by atoms with van der Waals surface area (Å²) in [6.45, 7) is 4.42. The number of hydrogen-bond donors (Lipinski definition) is 2. The van der Waals surface area contributed by atoms with Gasteiger partial charge in [-0.05, 0) is 25.1 Å². The van der Waals surface area contributed by atoms with E-state index in [-0.39, 0.29) is 10.7 Å². The summed E-state index contributed by atoms with van der Waals surface area (Å²) in [5.41, 5.74) is 0. The zero-order chi connectivity index (χ0) is 9.19. The second-order valence-corrected chi connectivity index (χ2v) is 4.57. The third-order valence-electron chi connectivity index (χ3n) is 2.57. The van der Waals surface area contributed by atoms with Crippen LogP contribution in [0.3, 0.4) is 0 Å². The predicted molar refractivity (Wildman–Crippen MR) is 58.0 cm³/mol. The quantitative estimate of drug-likeness (QED) is 0.378. The Morgan fingerprint density at radius 3 is 2.58 bits per heavy atom. The molecule has 0 aromatic carbocycles. The molecule has 0 aliphatic heterocycles. The maximum atomic E-state index is 5.76. The Labute approximate surface area is 82.5 Å². The van der Waals surface area contributed by atoms with E-state index in [0.717, 1.165) is 6.42 Å². The summed E-state index contributed by atoms with van der Waals surface area (Å²) in [5, 5.41) is 3.51. The molecule has 1 fully saturated rings. The summed E-state index contributed by atoms with van der Waals surface area (Å²) < 4.78 is 0. The normalized spacial score (nSPS) is 36.4. The first-order valence-corrected chi connectivity index (χ1v) is 5.32. The van der Waals surface area contributed by atoms with Crippen molar-refractivity contribution in [1.82, 2.24) is 5.32 Å². The average molecular weight is 183 g/mol. The molecule has 3 heteroatoms. The van der Waals surface area contributed by atoms with Crippen molar-refractivity contribution < 1.29 is 0 Å². The fraction of sp³-hybridized carbons (Fsp3) is 1.00. The summed E-state index contributed by atoms with van der Waals surface area (Å²) in [6.07, 6.45) is 4.63. The van der Waals surface area contributed by atoms with E-state index in [1.54, 1.807) is 0 Å². The van der Waals surface area contributed by atoms with Gasteiger partial charge < -0.3 is 5.32 Å². The number of rotatable bonds is 5. The monoisotopic (exact) mass is 183 g/mol. The Bertz CT molecular complexity index is 153. The minimum atomic E-state index is -0.0458. The van der Waals surface area contributed by atoms with Crippen molar-refractivity contribution in [2.45, 2.75) is 56.3 Å². The lowest BCUT2D eigenvalue weighted by atomic mass is 10.0. The van der Waals surface area contributed by atoms with Crippen molar-refractivity contribution in [3.63, 3.8) is 0 Å². The van der Waals surface area contributed by atoms with Gasteiger partial charge in [-0.25, -0.2) is 0 Å². The molecule has 2 radical (unpaired) electrons. The van der Waals surface area contributed by atoms with Gasteiger partial charge in [0.1, 0.15) is 0 Å². The van der Waals surface area contributed by atoms with E-state index in [1.165, 1.54) is 19.3 Å². The number of hydrogen-bond acceptors (Lipinski definition) is 2. The molecule has 0 spiro atoms. The average Bonchev–Trinajstić information content (AvgIpc) is 2.59. The summed E-state index contributed by atoms with van der Waals surface area (Å²) in [6, 6.07) is 0.598. The predicted octanol–water partition coefficient (Wildman–Crippen LogP) is 2.14. The zero-order valence-corrected chi connectivity index (χ0v) is 8.90. The molecule has 68 valence electrons. The maximum Gasteiger partial charge on any atom is 0.0737 e. The van der Waals surface area contributed by atoms with Crippen LogP contribution in [0, 0.1) is 0 Å². The summed E-state index contributed by atoms with van der Waals surface area (Å²) in [4.78, 5) is -0.0458. The Hall–Kier alpha value is 0.375. The molecule has 0 amide bonds. The maximum absolute atomic E-state index is 5.76. The van der Waals surface area contributed by atoms with Crippen molar-refractivity contribution in [3.8, 4) is 0 Å². The lowest BCUT2D eigenvalue weighted by molar-refractivity contribution is 0.447. The molecular weight excluding hydrogens is 165 g/mol. The molecule has 1 aliphatic carbocycles. The molecule has 0 saturated heterocycles. The molecule has 3 atom stereocenters. The van der Waals surface area contributed by atoms with Crippen LogP contribution >= 0.6 is 12.6 Å². The van der Waals surface area contributed by atoms with Crippen LogP contribution in [-0.2, 0) is 0 Å². The summed E-state index contributed by atoms with van der Waals surface area (Å²) >= 11 is 4.51. The first-order valence-electron chi connectivity index (χ1n) is 4.88. The standard InChI is InChI=1S/C9H18BNS/c1-3-5-7(4-2)11-9(12)6-8(9)10/h7-8,11-12H,3-6H2,1-2H3. The van der Waals surface area contributed by atoms with Gasteiger partial charge >= 0.3 is 0 Å². The van der Waals surface area contributed by atoms with Gasteiger partial charge in [-0.3, -0.25) is 0 Å². The lowest BCUT2D eigenvalue weighted by Crippen LogP contribution is -2.37. The second-order valence-electron chi connectivity index (χ2n) is 3.77. The van der Waals surface area contributed by atoms with Crippen molar-refractivity contribution in [1.29, 1.82) is 0 Å². The minimum absolute atomic E-state index is 0.0458. The molecule has 0 heterocycles. The minimum Gasteiger partial charge on any atom is -0.301 e. The number of thiol groups is 1. The molecule has 1 saturated carbocycles. The fourth-order valence-electron chi connectivity index (χ4n) is 1.52. The molecular formula is C9H18BNS. The zero-order valence-electron chi connectivity index (χ0n) is 8.01. The molecule has 0 aromatic rings. The van der Waals surface area contributed by atoms with E-state index < -0.39 is 0 Å². The SMILES string of the molecule is [B]C1CC1(S)NC(CC)CCC. The van der Waals surface area contributed by atoms with Gasteiger partial charge in [0.15, 0.2) is 0 Å². The summed E-state index contributed by atoms with van der Waals surface area (Å²) in [7, 11) is 5.76.